The van der Waals surface area contributed by atoms with Crippen molar-refractivity contribution in [3.05, 3.63) is 27.3 Å². The minimum Gasteiger partial charge on any atom is -0.273 e. The average molecular weight is 332 g/mol. The Kier molecular flexibility index (Phi) is 5.10. The number of amides is 1. The van der Waals surface area contributed by atoms with E-state index in [1.165, 1.54) is 13.0 Å². The highest BCUT2D eigenvalue weighted by atomic mass is 127. The Balaban J connectivity index is 2.84. The summed E-state index contributed by atoms with van der Waals surface area (Å²) in [6.45, 7) is 1.50. The summed E-state index contributed by atoms with van der Waals surface area (Å²) in [6.07, 6.45) is 1.48. The molecule has 84 valence electrons. The maximum atomic E-state index is 10.6. The topological polar surface area (TPSA) is 67.8 Å². The molecule has 16 heavy (non-hydrogen) atoms. The Hall–Kier alpha value is -1.24. The van der Waals surface area contributed by atoms with Gasteiger partial charge in [0.05, 0.1) is 5.69 Å². The van der Waals surface area contributed by atoms with Crippen LogP contribution < -0.4 is 5.48 Å². The maximum Gasteiger partial charge on any atom is 0.240 e. The van der Waals surface area contributed by atoms with Crippen molar-refractivity contribution in [3.63, 3.8) is 0 Å². The summed E-state index contributed by atoms with van der Waals surface area (Å²) in [5.74, 6) is -0.286. The lowest BCUT2D eigenvalue weighted by atomic mass is 10.2. The van der Waals surface area contributed by atoms with Crippen molar-refractivity contribution in [1.82, 2.24) is 5.48 Å². The van der Waals surface area contributed by atoms with Gasteiger partial charge in [0.2, 0.25) is 12.0 Å². The lowest BCUT2D eigenvalue weighted by molar-refractivity contribution is -0.132. The zero-order valence-corrected chi connectivity index (χ0v) is 10.6. The van der Waals surface area contributed by atoms with Gasteiger partial charge in [0.15, 0.2) is 0 Å². The molecule has 0 spiro atoms. The lowest BCUT2D eigenvalue weighted by Crippen LogP contribution is -2.20. The molecule has 1 aromatic carbocycles. The fraction of sp³-hybridized carbons (Fsp3) is 0.200. The van der Waals surface area contributed by atoms with Gasteiger partial charge in [-0.15, -0.1) is 0 Å². The number of nitrogens with one attached hydrogen (secondary N) is 1. The van der Waals surface area contributed by atoms with Crippen LogP contribution in [-0.2, 0) is 21.0 Å². The predicted octanol–water partition coefficient (Wildman–Crippen LogP) is 1.83. The van der Waals surface area contributed by atoms with E-state index in [1.807, 2.05) is 6.07 Å². The second-order valence-corrected chi connectivity index (χ2v) is 4.05. The number of nitrogens with zero attached hydrogens (tertiary/aromatic N) is 1. The van der Waals surface area contributed by atoms with Gasteiger partial charge in [-0.05, 0) is 34.7 Å². The van der Waals surface area contributed by atoms with Crippen molar-refractivity contribution in [3.8, 4) is 0 Å². The third-order valence-corrected chi connectivity index (χ3v) is 2.70. The van der Waals surface area contributed by atoms with Crippen LogP contribution in [0.5, 0.6) is 0 Å². The molecule has 1 amide bonds. The summed E-state index contributed by atoms with van der Waals surface area (Å²) < 4.78 is 0.902. The highest BCUT2D eigenvalue weighted by Crippen LogP contribution is 2.24. The van der Waals surface area contributed by atoms with Gasteiger partial charge >= 0.3 is 0 Å². The van der Waals surface area contributed by atoms with Crippen LogP contribution in [0.4, 0.5) is 5.69 Å². The highest BCUT2D eigenvalue weighted by Gasteiger charge is 2.06. The molecule has 6 heteroatoms. The van der Waals surface area contributed by atoms with Crippen molar-refractivity contribution in [1.29, 1.82) is 0 Å². The van der Waals surface area contributed by atoms with Crippen LogP contribution in [0.2, 0.25) is 0 Å². The number of aliphatic imine (C=N–C) groups is 1. The molecule has 0 radical (unpaired) electrons. The Labute approximate surface area is 106 Å². The van der Waals surface area contributed by atoms with Gasteiger partial charge in [-0.3, -0.25) is 9.63 Å². The normalized spacial score (nSPS) is 9.38. The van der Waals surface area contributed by atoms with Gasteiger partial charge in [0.1, 0.15) is 6.61 Å². The van der Waals surface area contributed by atoms with Crippen LogP contribution >= 0.6 is 22.6 Å². The van der Waals surface area contributed by atoms with E-state index in [2.05, 4.69) is 33.1 Å². The molecule has 0 aliphatic rings. The van der Waals surface area contributed by atoms with Crippen molar-refractivity contribution < 1.29 is 14.4 Å². The third-order valence-electron chi connectivity index (χ3n) is 1.69. The predicted molar refractivity (Wildman–Crippen MR) is 65.5 cm³/mol. The smallest absolute Gasteiger partial charge is 0.240 e. The fourth-order valence-electron chi connectivity index (χ4n) is 1.05. The van der Waals surface area contributed by atoms with Crippen LogP contribution in [0.3, 0.4) is 0 Å². The number of hydrogen-bond acceptors (Lipinski definition) is 4. The molecule has 0 aromatic heterocycles. The van der Waals surface area contributed by atoms with Crippen molar-refractivity contribution in [2.75, 3.05) is 0 Å². The first kappa shape index (κ1) is 12.8. The molecule has 0 aliphatic carbocycles. The summed E-state index contributed by atoms with van der Waals surface area (Å²) in [7, 11) is 0. The molecule has 0 unspecified atom stereocenters. The summed E-state index contributed by atoms with van der Waals surface area (Å²) in [4.78, 5) is 29.3. The number of hydroxylamine groups is 1. The van der Waals surface area contributed by atoms with E-state index in [-0.39, 0.29) is 12.5 Å². The lowest BCUT2D eigenvalue weighted by Gasteiger charge is -2.07. The molecular formula is C10H9IN2O3. The van der Waals surface area contributed by atoms with E-state index in [9.17, 15) is 9.59 Å². The first-order valence-corrected chi connectivity index (χ1v) is 5.46. The number of halogens is 1. The monoisotopic (exact) mass is 332 g/mol. The molecule has 0 saturated heterocycles. The number of carbonyl (C=O) groups is 1. The molecular weight excluding hydrogens is 323 g/mol. The number of rotatable bonds is 4. The van der Waals surface area contributed by atoms with Crippen molar-refractivity contribution >= 4 is 40.3 Å². The molecule has 0 atom stereocenters. The van der Waals surface area contributed by atoms with Crippen LogP contribution in [0, 0.1) is 3.57 Å². The molecule has 5 nitrogen and oxygen atoms in total. The number of carbonyl (C=O) groups excluding carboxylic acids is 2. The highest BCUT2D eigenvalue weighted by molar-refractivity contribution is 14.1. The average Bonchev–Trinajstić information content (AvgIpc) is 2.22. The van der Waals surface area contributed by atoms with Crippen molar-refractivity contribution in [2.24, 2.45) is 4.99 Å². The SMILES string of the molecule is CC(=O)NOCc1c(I)cccc1N=C=O. The maximum absolute atomic E-state index is 10.6. The minimum absolute atomic E-state index is 0.152. The Morgan fingerprint density at radius 3 is 3.00 bits per heavy atom. The Morgan fingerprint density at radius 1 is 1.62 bits per heavy atom. The molecule has 0 saturated carbocycles. The first-order valence-electron chi connectivity index (χ1n) is 4.38. The molecule has 1 aromatic rings. The minimum atomic E-state index is -0.286. The number of hydrogen-bond donors (Lipinski definition) is 1. The second kappa shape index (κ2) is 6.37. The van der Waals surface area contributed by atoms with Crippen molar-refractivity contribution in [2.45, 2.75) is 13.5 Å². The van der Waals surface area contributed by atoms with Gasteiger partial charge in [0, 0.05) is 16.1 Å². The third kappa shape index (κ3) is 3.73. The van der Waals surface area contributed by atoms with E-state index < -0.39 is 0 Å². The second-order valence-electron chi connectivity index (χ2n) is 2.89. The summed E-state index contributed by atoms with van der Waals surface area (Å²) in [5.41, 5.74) is 3.44. The van der Waals surface area contributed by atoms with Crippen LogP contribution in [-0.4, -0.2) is 12.0 Å². The molecule has 0 bridgehead atoms. The zero-order chi connectivity index (χ0) is 12.0. The van der Waals surface area contributed by atoms with Gasteiger partial charge in [-0.2, -0.15) is 4.99 Å². The number of benzene rings is 1. The van der Waals surface area contributed by atoms with Gasteiger partial charge in [-0.1, -0.05) is 6.07 Å². The van der Waals surface area contributed by atoms with E-state index >= 15 is 0 Å². The van der Waals surface area contributed by atoms with Gasteiger partial charge in [0.25, 0.3) is 0 Å². The molecule has 1 N–H and O–H groups in total. The summed E-state index contributed by atoms with van der Waals surface area (Å²) in [5, 5.41) is 0. The molecule has 0 heterocycles. The van der Waals surface area contributed by atoms with Gasteiger partial charge < -0.3 is 0 Å². The molecule has 0 fully saturated rings. The largest absolute Gasteiger partial charge is 0.273 e. The van der Waals surface area contributed by atoms with Crippen LogP contribution in [0.1, 0.15) is 12.5 Å². The zero-order valence-electron chi connectivity index (χ0n) is 8.49. The van der Waals surface area contributed by atoms with Crippen LogP contribution in [0.25, 0.3) is 0 Å². The quantitative estimate of drug-likeness (QED) is 0.396. The van der Waals surface area contributed by atoms with E-state index in [4.69, 9.17) is 4.84 Å². The van der Waals surface area contributed by atoms with E-state index in [0.717, 1.165) is 9.13 Å². The number of isocyanates is 1. The first-order chi connectivity index (χ1) is 7.65. The van der Waals surface area contributed by atoms with Gasteiger partial charge in [-0.25, -0.2) is 10.3 Å². The molecule has 1 rings (SSSR count). The summed E-state index contributed by atoms with van der Waals surface area (Å²) in [6, 6.07) is 5.32. The fourth-order valence-corrected chi connectivity index (χ4v) is 1.69. The molecule has 0 aliphatic heterocycles. The summed E-state index contributed by atoms with van der Waals surface area (Å²) >= 11 is 2.10. The standard InChI is InChI=1S/C10H9IN2O3/c1-7(15)13-16-5-8-9(11)3-2-4-10(8)12-6-14/h2-4H,5H2,1H3,(H,13,15). The Morgan fingerprint density at radius 2 is 2.38 bits per heavy atom. The van der Waals surface area contributed by atoms with Crippen LogP contribution in [0.15, 0.2) is 23.2 Å². The van der Waals surface area contributed by atoms with E-state index in [1.54, 1.807) is 12.1 Å². The Bertz CT molecular complexity index is 442. The van der Waals surface area contributed by atoms with E-state index in [0.29, 0.717) is 5.69 Å².